The predicted molar refractivity (Wildman–Crippen MR) is 80.8 cm³/mol. The molecular weight excluding hydrogens is 323 g/mol. The summed E-state index contributed by atoms with van der Waals surface area (Å²) in [4.78, 5) is 15.9. The first-order valence-electron chi connectivity index (χ1n) is 6.82. The number of benzene rings is 2. The minimum atomic E-state index is -4.86. The molecule has 2 aromatic carbocycles. The van der Waals surface area contributed by atoms with Gasteiger partial charge in [-0.15, -0.1) is 13.2 Å². The Morgan fingerprint density at radius 1 is 1.08 bits per heavy atom. The first-order chi connectivity index (χ1) is 11.3. The Kier molecular flexibility index (Phi) is 3.84. The summed E-state index contributed by atoms with van der Waals surface area (Å²) in [6, 6.07) is 12.0. The molecule has 3 rings (SSSR count). The zero-order valence-electron chi connectivity index (χ0n) is 12.0. The van der Waals surface area contributed by atoms with E-state index in [-0.39, 0.29) is 16.5 Å². The van der Waals surface area contributed by atoms with E-state index in [1.807, 2.05) is 0 Å². The largest absolute Gasteiger partial charge is 0.573 e. The van der Waals surface area contributed by atoms with Crippen LogP contribution in [0.25, 0.3) is 22.0 Å². The minimum Gasteiger partial charge on any atom is -0.478 e. The van der Waals surface area contributed by atoms with Crippen molar-refractivity contribution in [3.63, 3.8) is 0 Å². The molecule has 0 atom stereocenters. The van der Waals surface area contributed by atoms with Crippen molar-refractivity contribution >= 4 is 16.9 Å². The maximum absolute atomic E-state index is 12.4. The van der Waals surface area contributed by atoms with Gasteiger partial charge >= 0.3 is 12.3 Å². The fraction of sp³-hybridized carbons (Fsp3) is 0.0588. The Bertz CT molecular complexity index is 908. The monoisotopic (exact) mass is 333 g/mol. The topological polar surface area (TPSA) is 59.4 Å². The van der Waals surface area contributed by atoms with E-state index in [9.17, 15) is 23.1 Å². The normalized spacial score (nSPS) is 11.5. The lowest BCUT2D eigenvalue weighted by molar-refractivity contribution is -0.274. The third-order valence-corrected chi connectivity index (χ3v) is 3.37. The van der Waals surface area contributed by atoms with Crippen molar-refractivity contribution in [1.29, 1.82) is 0 Å². The molecule has 1 aromatic heterocycles. The molecular formula is C17H10F3NO3. The van der Waals surface area contributed by atoms with Gasteiger partial charge in [-0.1, -0.05) is 30.3 Å². The van der Waals surface area contributed by atoms with Gasteiger partial charge < -0.3 is 9.84 Å². The number of carbonyl (C=O) groups is 1. The van der Waals surface area contributed by atoms with Gasteiger partial charge in [0.2, 0.25) is 0 Å². The molecule has 0 radical (unpaired) electrons. The van der Waals surface area contributed by atoms with Crippen molar-refractivity contribution in [3.8, 4) is 16.9 Å². The van der Waals surface area contributed by atoms with E-state index in [2.05, 4.69) is 9.72 Å². The van der Waals surface area contributed by atoms with Gasteiger partial charge in [-0.3, -0.25) is 4.98 Å². The van der Waals surface area contributed by atoms with Gasteiger partial charge in [-0.2, -0.15) is 0 Å². The highest BCUT2D eigenvalue weighted by Crippen LogP contribution is 2.32. The van der Waals surface area contributed by atoms with Gasteiger partial charge in [-0.05, 0) is 23.8 Å². The molecule has 4 nitrogen and oxygen atoms in total. The fourth-order valence-corrected chi connectivity index (χ4v) is 2.44. The molecule has 1 heterocycles. The summed E-state index contributed by atoms with van der Waals surface area (Å²) < 4.78 is 41.0. The maximum Gasteiger partial charge on any atom is 0.573 e. The van der Waals surface area contributed by atoms with E-state index in [1.165, 1.54) is 12.3 Å². The Balaban J connectivity index is 2.24. The van der Waals surface area contributed by atoms with Gasteiger partial charge in [0, 0.05) is 17.1 Å². The van der Waals surface area contributed by atoms with Crippen molar-refractivity contribution in [1.82, 2.24) is 4.98 Å². The first kappa shape index (κ1) is 15.8. The number of aromatic carboxylic acids is 1. The molecule has 0 spiro atoms. The summed E-state index contributed by atoms with van der Waals surface area (Å²) in [5, 5.41) is 9.63. The van der Waals surface area contributed by atoms with E-state index < -0.39 is 18.1 Å². The molecule has 1 N–H and O–H groups in total. The van der Waals surface area contributed by atoms with Crippen LogP contribution >= 0.6 is 0 Å². The number of aromatic nitrogens is 1. The van der Waals surface area contributed by atoms with Crippen molar-refractivity contribution in [2.75, 3.05) is 0 Å². The van der Waals surface area contributed by atoms with Crippen LogP contribution in [0.2, 0.25) is 0 Å². The summed E-state index contributed by atoms with van der Waals surface area (Å²) in [7, 11) is 0. The number of alkyl halides is 3. The molecule has 0 amide bonds. The first-order valence-corrected chi connectivity index (χ1v) is 6.82. The van der Waals surface area contributed by atoms with E-state index in [0.29, 0.717) is 11.1 Å². The summed E-state index contributed by atoms with van der Waals surface area (Å²) in [6.45, 7) is 0. The van der Waals surface area contributed by atoms with E-state index in [0.717, 1.165) is 12.1 Å². The van der Waals surface area contributed by atoms with Crippen LogP contribution in [0.4, 0.5) is 13.2 Å². The van der Waals surface area contributed by atoms with E-state index in [1.54, 1.807) is 30.3 Å². The molecule has 0 unspecified atom stereocenters. The van der Waals surface area contributed by atoms with Crippen LogP contribution in [0.3, 0.4) is 0 Å². The molecule has 0 saturated heterocycles. The van der Waals surface area contributed by atoms with Crippen molar-refractivity contribution in [3.05, 3.63) is 60.3 Å². The number of ether oxygens (including phenoxy) is 1. The average molecular weight is 333 g/mol. The number of rotatable bonds is 3. The second-order valence-corrected chi connectivity index (χ2v) is 4.94. The second kappa shape index (κ2) is 5.84. The Morgan fingerprint density at radius 3 is 2.42 bits per heavy atom. The molecule has 0 aliphatic carbocycles. The molecule has 7 heteroatoms. The molecule has 0 bridgehead atoms. The zero-order valence-corrected chi connectivity index (χ0v) is 12.0. The van der Waals surface area contributed by atoms with E-state index >= 15 is 0 Å². The van der Waals surface area contributed by atoms with E-state index in [4.69, 9.17) is 0 Å². The minimum absolute atomic E-state index is 0.0746. The van der Waals surface area contributed by atoms with Crippen LogP contribution in [0, 0.1) is 0 Å². The van der Waals surface area contributed by atoms with Gasteiger partial charge in [0.05, 0.1) is 11.1 Å². The van der Waals surface area contributed by atoms with Crippen LogP contribution in [-0.2, 0) is 0 Å². The van der Waals surface area contributed by atoms with Gasteiger partial charge in [0.15, 0.2) is 0 Å². The summed E-state index contributed by atoms with van der Waals surface area (Å²) in [6.07, 6.45) is -3.47. The van der Waals surface area contributed by atoms with Crippen molar-refractivity contribution < 1.29 is 27.8 Å². The van der Waals surface area contributed by atoms with Crippen LogP contribution in [0.1, 0.15) is 10.4 Å². The molecule has 24 heavy (non-hydrogen) atoms. The number of hydrogen-bond acceptors (Lipinski definition) is 3. The van der Waals surface area contributed by atoms with Crippen LogP contribution < -0.4 is 4.74 Å². The van der Waals surface area contributed by atoms with Crippen molar-refractivity contribution in [2.24, 2.45) is 0 Å². The molecule has 0 fully saturated rings. The van der Waals surface area contributed by atoms with Crippen LogP contribution in [0.15, 0.2) is 54.7 Å². The Labute approximate surface area is 134 Å². The number of hydrogen-bond donors (Lipinski definition) is 1. The van der Waals surface area contributed by atoms with Crippen LogP contribution in [-0.4, -0.2) is 22.4 Å². The third-order valence-electron chi connectivity index (χ3n) is 3.37. The highest BCUT2D eigenvalue weighted by molar-refractivity contribution is 6.08. The smallest absolute Gasteiger partial charge is 0.478 e. The third kappa shape index (κ3) is 3.15. The molecule has 0 aliphatic heterocycles. The zero-order chi connectivity index (χ0) is 17.3. The average Bonchev–Trinajstić information content (AvgIpc) is 2.52. The van der Waals surface area contributed by atoms with Gasteiger partial charge in [-0.25, -0.2) is 4.79 Å². The van der Waals surface area contributed by atoms with Gasteiger partial charge in [0.25, 0.3) is 0 Å². The fourth-order valence-electron chi connectivity index (χ4n) is 2.44. The Morgan fingerprint density at radius 2 is 1.79 bits per heavy atom. The predicted octanol–water partition coefficient (Wildman–Crippen LogP) is 4.50. The highest BCUT2D eigenvalue weighted by atomic mass is 19.4. The highest BCUT2D eigenvalue weighted by Gasteiger charge is 2.31. The van der Waals surface area contributed by atoms with Crippen LogP contribution in [0.5, 0.6) is 5.75 Å². The molecule has 122 valence electrons. The Hall–Kier alpha value is -3.09. The van der Waals surface area contributed by atoms with Crippen molar-refractivity contribution in [2.45, 2.75) is 6.36 Å². The lowest BCUT2D eigenvalue weighted by atomic mass is 9.98. The lowest BCUT2D eigenvalue weighted by Crippen LogP contribution is -2.17. The maximum atomic E-state index is 12.4. The second-order valence-electron chi connectivity index (χ2n) is 4.94. The number of carboxylic acids is 1. The molecule has 0 aliphatic rings. The number of nitrogens with zero attached hydrogens (tertiary/aromatic N) is 1. The summed E-state index contributed by atoms with van der Waals surface area (Å²) in [5.74, 6) is -1.75. The standard InChI is InChI=1S/C17H10F3NO3/c18-17(19,20)24-11-6-7-14-12(8-11)15(16(22)23)13(9-21-14)10-4-2-1-3-5-10/h1-9H,(H,22,23). The summed E-state index contributed by atoms with van der Waals surface area (Å²) >= 11 is 0. The lowest BCUT2D eigenvalue weighted by Gasteiger charge is -2.12. The molecule has 0 saturated carbocycles. The quantitative estimate of drug-likeness (QED) is 0.767. The summed E-state index contributed by atoms with van der Waals surface area (Å²) in [5.41, 5.74) is 1.06. The molecule has 3 aromatic rings. The number of halogens is 3. The number of carboxylic acid groups (broad SMARTS) is 1. The SMILES string of the molecule is O=C(O)c1c(-c2ccccc2)cnc2ccc(OC(F)(F)F)cc12. The number of pyridine rings is 1. The van der Waals surface area contributed by atoms with Gasteiger partial charge in [0.1, 0.15) is 5.75 Å². The number of fused-ring (bicyclic) bond motifs is 1.